The standard InChI is InChI=1S/C10H16BrN3O/c1-7-12-6-8(11)9(13-7)14-10(2,3)4-5-15/h6,15H,4-5H2,1-3H3,(H,12,13,14). The van der Waals surface area contributed by atoms with Crippen molar-refractivity contribution in [2.75, 3.05) is 11.9 Å². The Hall–Kier alpha value is -0.680. The lowest BCUT2D eigenvalue weighted by Crippen LogP contribution is -2.32. The highest BCUT2D eigenvalue weighted by atomic mass is 79.9. The maximum Gasteiger partial charge on any atom is 0.144 e. The van der Waals surface area contributed by atoms with Crippen LogP contribution in [0.5, 0.6) is 0 Å². The van der Waals surface area contributed by atoms with Gasteiger partial charge in [-0.3, -0.25) is 0 Å². The number of nitrogens with one attached hydrogen (secondary N) is 1. The van der Waals surface area contributed by atoms with E-state index in [2.05, 4.69) is 31.2 Å². The van der Waals surface area contributed by atoms with E-state index in [1.165, 1.54) is 0 Å². The number of aliphatic hydroxyl groups is 1. The molecule has 84 valence electrons. The van der Waals surface area contributed by atoms with Gasteiger partial charge in [-0.1, -0.05) is 0 Å². The largest absolute Gasteiger partial charge is 0.396 e. The number of aliphatic hydroxyl groups excluding tert-OH is 1. The van der Waals surface area contributed by atoms with E-state index >= 15 is 0 Å². The molecule has 0 aliphatic heterocycles. The van der Waals surface area contributed by atoms with E-state index in [1.807, 2.05) is 20.8 Å². The summed E-state index contributed by atoms with van der Waals surface area (Å²) < 4.78 is 0.833. The van der Waals surface area contributed by atoms with E-state index in [9.17, 15) is 0 Å². The van der Waals surface area contributed by atoms with E-state index in [0.717, 1.165) is 16.1 Å². The maximum absolute atomic E-state index is 8.92. The second-order valence-corrected chi connectivity index (χ2v) is 4.95. The summed E-state index contributed by atoms with van der Waals surface area (Å²) in [6.07, 6.45) is 2.39. The molecule has 1 heterocycles. The van der Waals surface area contributed by atoms with Crippen molar-refractivity contribution in [2.45, 2.75) is 32.7 Å². The third kappa shape index (κ3) is 3.76. The predicted molar refractivity (Wildman–Crippen MR) is 63.9 cm³/mol. The summed E-state index contributed by atoms with van der Waals surface area (Å²) in [6, 6.07) is 0. The summed E-state index contributed by atoms with van der Waals surface area (Å²) in [5.41, 5.74) is -0.182. The fourth-order valence-corrected chi connectivity index (χ4v) is 1.50. The van der Waals surface area contributed by atoms with E-state index in [0.29, 0.717) is 6.42 Å². The van der Waals surface area contributed by atoms with Crippen LogP contribution in [0.25, 0.3) is 0 Å². The van der Waals surface area contributed by atoms with Gasteiger partial charge in [-0.05, 0) is 43.1 Å². The molecule has 0 aromatic carbocycles. The maximum atomic E-state index is 8.92. The molecular formula is C10H16BrN3O. The topological polar surface area (TPSA) is 58.0 Å². The van der Waals surface area contributed by atoms with Crippen molar-refractivity contribution in [3.05, 3.63) is 16.5 Å². The lowest BCUT2D eigenvalue weighted by atomic mass is 10.0. The third-order valence-electron chi connectivity index (χ3n) is 2.06. The summed E-state index contributed by atoms with van der Waals surface area (Å²) in [6.45, 7) is 6.04. The normalized spacial score (nSPS) is 11.5. The molecule has 5 heteroatoms. The molecule has 0 bridgehead atoms. The van der Waals surface area contributed by atoms with Gasteiger partial charge >= 0.3 is 0 Å². The van der Waals surface area contributed by atoms with Gasteiger partial charge < -0.3 is 10.4 Å². The van der Waals surface area contributed by atoms with Crippen molar-refractivity contribution in [3.8, 4) is 0 Å². The van der Waals surface area contributed by atoms with E-state index in [-0.39, 0.29) is 12.1 Å². The average molecular weight is 274 g/mol. The lowest BCUT2D eigenvalue weighted by Gasteiger charge is -2.26. The van der Waals surface area contributed by atoms with Crippen LogP contribution in [-0.2, 0) is 0 Å². The number of nitrogens with zero attached hydrogens (tertiary/aromatic N) is 2. The Balaban J connectivity index is 2.83. The van der Waals surface area contributed by atoms with Gasteiger partial charge in [0.2, 0.25) is 0 Å². The molecule has 0 saturated heterocycles. The third-order valence-corrected chi connectivity index (χ3v) is 2.64. The first-order chi connectivity index (χ1) is 6.94. The van der Waals surface area contributed by atoms with Crippen LogP contribution in [0.1, 0.15) is 26.1 Å². The van der Waals surface area contributed by atoms with Crippen molar-refractivity contribution in [3.63, 3.8) is 0 Å². The zero-order chi connectivity index (χ0) is 11.5. The molecule has 4 nitrogen and oxygen atoms in total. The van der Waals surface area contributed by atoms with E-state index in [1.54, 1.807) is 6.20 Å². The Morgan fingerprint density at radius 3 is 2.80 bits per heavy atom. The smallest absolute Gasteiger partial charge is 0.144 e. The van der Waals surface area contributed by atoms with Gasteiger partial charge in [-0.15, -0.1) is 0 Å². The highest BCUT2D eigenvalue weighted by Gasteiger charge is 2.18. The van der Waals surface area contributed by atoms with Crippen LogP contribution in [0.15, 0.2) is 10.7 Å². The number of hydrogen-bond acceptors (Lipinski definition) is 4. The first kappa shape index (κ1) is 12.4. The van der Waals surface area contributed by atoms with Crippen molar-refractivity contribution in [1.82, 2.24) is 9.97 Å². The Bertz CT molecular complexity index is 341. The highest BCUT2D eigenvalue weighted by molar-refractivity contribution is 9.10. The monoisotopic (exact) mass is 273 g/mol. The molecule has 0 unspecified atom stereocenters. The molecule has 0 aliphatic rings. The van der Waals surface area contributed by atoms with E-state index < -0.39 is 0 Å². The molecule has 15 heavy (non-hydrogen) atoms. The molecule has 0 amide bonds. The molecule has 2 N–H and O–H groups in total. The minimum Gasteiger partial charge on any atom is -0.396 e. The molecule has 1 aromatic rings. The van der Waals surface area contributed by atoms with Gasteiger partial charge in [0.15, 0.2) is 0 Å². The molecule has 0 spiro atoms. The summed E-state index contributed by atoms with van der Waals surface area (Å²) in [5, 5.41) is 12.2. The summed E-state index contributed by atoms with van der Waals surface area (Å²) in [4.78, 5) is 8.36. The van der Waals surface area contributed by atoms with Crippen LogP contribution in [0.2, 0.25) is 0 Å². The van der Waals surface area contributed by atoms with Gasteiger partial charge in [-0.2, -0.15) is 0 Å². The Morgan fingerprint density at radius 2 is 2.20 bits per heavy atom. The fraction of sp³-hybridized carbons (Fsp3) is 0.600. The highest BCUT2D eigenvalue weighted by Crippen LogP contribution is 2.23. The first-order valence-electron chi connectivity index (χ1n) is 4.83. The van der Waals surface area contributed by atoms with Gasteiger partial charge in [0.25, 0.3) is 0 Å². The summed E-state index contributed by atoms with van der Waals surface area (Å²) in [7, 11) is 0. The molecular weight excluding hydrogens is 258 g/mol. The lowest BCUT2D eigenvalue weighted by molar-refractivity contribution is 0.260. The number of aryl methyl sites for hydroxylation is 1. The second-order valence-electron chi connectivity index (χ2n) is 4.10. The van der Waals surface area contributed by atoms with Crippen molar-refractivity contribution >= 4 is 21.7 Å². The summed E-state index contributed by atoms with van der Waals surface area (Å²) in [5.74, 6) is 1.49. The van der Waals surface area contributed by atoms with Crippen LogP contribution in [0.3, 0.4) is 0 Å². The number of anilines is 1. The predicted octanol–water partition coefficient (Wildman–Crippen LogP) is 2.12. The van der Waals surface area contributed by atoms with Crippen molar-refractivity contribution < 1.29 is 5.11 Å². The molecule has 0 fully saturated rings. The average Bonchev–Trinajstić information content (AvgIpc) is 2.10. The van der Waals surface area contributed by atoms with Gasteiger partial charge in [0.05, 0.1) is 4.47 Å². The van der Waals surface area contributed by atoms with Crippen LogP contribution < -0.4 is 5.32 Å². The fourth-order valence-electron chi connectivity index (χ4n) is 1.21. The Kier molecular flexibility index (Phi) is 4.04. The number of hydrogen-bond donors (Lipinski definition) is 2. The van der Waals surface area contributed by atoms with Gasteiger partial charge in [0.1, 0.15) is 11.6 Å². The SMILES string of the molecule is Cc1ncc(Br)c(NC(C)(C)CCO)n1. The quantitative estimate of drug-likeness (QED) is 0.883. The van der Waals surface area contributed by atoms with Crippen molar-refractivity contribution in [1.29, 1.82) is 0 Å². The zero-order valence-corrected chi connectivity index (χ0v) is 10.8. The van der Waals surface area contributed by atoms with E-state index in [4.69, 9.17) is 5.11 Å². The number of halogens is 1. The molecule has 0 radical (unpaired) electrons. The molecule has 1 rings (SSSR count). The van der Waals surface area contributed by atoms with Crippen LogP contribution >= 0.6 is 15.9 Å². The molecule has 0 saturated carbocycles. The Labute approximate surface area is 98.3 Å². The van der Waals surface area contributed by atoms with Crippen molar-refractivity contribution in [2.24, 2.45) is 0 Å². The number of aromatic nitrogens is 2. The van der Waals surface area contributed by atoms with Crippen LogP contribution in [0, 0.1) is 6.92 Å². The number of rotatable bonds is 4. The van der Waals surface area contributed by atoms with Crippen LogP contribution in [0.4, 0.5) is 5.82 Å². The van der Waals surface area contributed by atoms with Gasteiger partial charge in [-0.25, -0.2) is 9.97 Å². The van der Waals surface area contributed by atoms with Gasteiger partial charge in [0, 0.05) is 18.3 Å². The molecule has 0 atom stereocenters. The summed E-state index contributed by atoms with van der Waals surface area (Å²) >= 11 is 3.38. The minimum atomic E-state index is -0.182. The minimum absolute atomic E-state index is 0.154. The zero-order valence-electron chi connectivity index (χ0n) is 9.21. The first-order valence-corrected chi connectivity index (χ1v) is 5.62. The molecule has 1 aromatic heterocycles. The molecule has 0 aliphatic carbocycles. The van der Waals surface area contributed by atoms with Crippen LogP contribution in [-0.4, -0.2) is 27.2 Å². The Morgan fingerprint density at radius 1 is 1.53 bits per heavy atom. The second kappa shape index (κ2) is 4.90.